The molecule has 0 saturated carbocycles. The number of nitrogens with zero attached hydrogens (tertiary/aromatic N) is 3. The minimum absolute atomic E-state index is 0.0386. The van der Waals surface area contributed by atoms with Gasteiger partial charge in [0.15, 0.2) is 5.58 Å². The number of nitrogens with one attached hydrogen (secondary N) is 1. The molecular weight excluding hydrogens is 296 g/mol. The van der Waals surface area contributed by atoms with Crippen LogP contribution >= 0.6 is 0 Å². The van der Waals surface area contributed by atoms with E-state index in [-0.39, 0.29) is 18.5 Å². The zero-order chi connectivity index (χ0) is 15.8. The molecule has 0 bridgehead atoms. The first-order valence-electron chi connectivity index (χ1n) is 7.58. The summed E-state index contributed by atoms with van der Waals surface area (Å²) in [4.78, 5) is 28.5. The Morgan fingerprint density at radius 3 is 3.17 bits per heavy atom. The molecule has 1 amide bonds. The summed E-state index contributed by atoms with van der Waals surface area (Å²) >= 11 is 0. The third-order valence-electron chi connectivity index (χ3n) is 4.18. The Bertz CT molecular complexity index is 921. The number of benzene rings is 1. The quantitative estimate of drug-likeness (QED) is 0.780. The highest BCUT2D eigenvalue weighted by Gasteiger charge is 2.21. The first kappa shape index (κ1) is 13.8. The second-order valence-electron chi connectivity index (χ2n) is 5.72. The van der Waals surface area contributed by atoms with Crippen LogP contribution in [-0.2, 0) is 24.3 Å². The normalized spacial score (nSPS) is 17.1. The molecule has 0 saturated heterocycles. The van der Waals surface area contributed by atoms with Gasteiger partial charge < -0.3 is 14.3 Å². The maximum absolute atomic E-state index is 12.3. The number of rotatable bonds is 3. The van der Waals surface area contributed by atoms with Gasteiger partial charge in [0.05, 0.1) is 5.52 Å². The van der Waals surface area contributed by atoms with Crippen LogP contribution in [0.4, 0.5) is 0 Å². The fourth-order valence-electron chi connectivity index (χ4n) is 3.06. The van der Waals surface area contributed by atoms with E-state index in [1.54, 1.807) is 24.4 Å². The first-order valence-corrected chi connectivity index (χ1v) is 7.58. The van der Waals surface area contributed by atoms with Crippen molar-refractivity contribution in [1.29, 1.82) is 0 Å². The Morgan fingerprint density at radius 2 is 2.26 bits per heavy atom. The maximum atomic E-state index is 12.3. The van der Waals surface area contributed by atoms with E-state index in [1.807, 2.05) is 16.8 Å². The van der Waals surface area contributed by atoms with Crippen LogP contribution < -0.4 is 11.1 Å². The van der Waals surface area contributed by atoms with Crippen molar-refractivity contribution in [1.82, 2.24) is 19.4 Å². The predicted octanol–water partition coefficient (Wildman–Crippen LogP) is 0.922. The van der Waals surface area contributed by atoms with Crippen LogP contribution in [-0.4, -0.2) is 26.1 Å². The van der Waals surface area contributed by atoms with Gasteiger partial charge in [-0.25, -0.2) is 9.78 Å². The Labute approximate surface area is 131 Å². The van der Waals surface area contributed by atoms with E-state index in [4.69, 9.17) is 4.42 Å². The molecule has 1 atom stereocenters. The van der Waals surface area contributed by atoms with Crippen LogP contribution in [0.25, 0.3) is 11.1 Å². The predicted molar refractivity (Wildman–Crippen MR) is 83.0 cm³/mol. The zero-order valence-electron chi connectivity index (χ0n) is 12.4. The van der Waals surface area contributed by atoms with E-state index >= 15 is 0 Å². The molecule has 3 heterocycles. The number of hydrogen-bond donors (Lipinski definition) is 1. The molecule has 1 aromatic carbocycles. The lowest BCUT2D eigenvalue weighted by Gasteiger charge is -2.24. The number of hydrogen-bond acceptors (Lipinski definition) is 4. The van der Waals surface area contributed by atoms with Crippen molar-refractivity contribution in [3.63, 3.8) is 0 Å². The van der Waals surface area contributed by atoms with Crippen molar-refractivity contribution in [2.45, 2.75) is 32.0 Å². The summed E-state index contributed by atoms with van der Waals surface area (Å²) in [6.45, 7) is 0.672. The van der Waals surface area contributed by atoms with Crippen molar-refractivity contribution in [2.24, 2.45) is 0 Å². The maximum Gasteiger partial charge on any atom is 0.420 e. The molecule has 7 heteroatoms. The van der Waals surface area contributed by atoms with Gasteiger partial charge in [-0.15, -0.1) is 0 Å². The number of para-hydroxylation sites is 2. The molecule has 0 fully saturated rings. The number of carbonyl (C=O) groups is 1. The molecule has 118 valence electrons. The second kappa shape index (κ2) is 5.42. The van der Waals surface area contributed by atoms with Gasteiger partial charge in [-0.2, -0.15) is 0 Å². The standard InChI is InChI=1S/C16H16N4O3/c21-15(18-11-5-6-14-17-7-8-19(14)9-11)10-20-12-3-1-2-4-13(12)23-16(20)22/h1-4,7-8,11H,5-6,9-10H2,(H,18,21)/t11-/m1/s1. The summed E-state index contributed by atoms with van der Waals surface area (Å²) in [6.07, 6.45) is 5.38. The summed E-state index contributed by atoms with van der Waals surface area (Å²) in [5.74, 6) is 0.349. The van der Waals surface area contributed by atoms with E-state index in [9.17, 15) is 9.59 Å². The average molecular weight is 312 g/mol. The van der Waals surface area contributed by atoms with Gasteiger partial charge in [0.1, 0.15) is 12.4 Å². The van der Waals surface area contributed by atoms with Crippen molar-refractivity contribution in [3.05, 3.63) is 53.0 Å². The van der Waals surface area contributed by atoms with Crippen LogP contribution in [0, 0.1) is 0 Å². The first-order chi connectivity index (χ1) is 11.2. The lowest BCUT2D eigenvalue weighted by atomic mass is 10.1. The smallest absolute Gasteiger partial charge is 0.408 e. The molecule has 3 aromatic rings. The molecule has 7 nitrogen and oxygen atoms in total. The van der Waals surface area contributed by atoms with E-state index in [1.165, 1.54) is 4.57 Å². The van der Waals surface area contributed by atoms with Gasteiger partial charge in [-0.1, -0.05) is 12.1 Å². The number of aryl methyl sites for hydroxylation is 1. The van der Waals surface area contributed by atoms with Gasteiger partial charge in [0, 0.05) is 31.4 Å². The topological polar surface area (TPSA) is 82.1 Å². The molecule has 1 aliphatic heterocycles. The number of oxazole rings is 1. The summed E-state index contributed by atoms with van der Waals surface area (Å²) in [5.41, 5.74) is 1.12. The molecule has 4 rings (SSSR count). The van der Waals surface area contributed by atoms with Crippen molar-refractivity contribution in [3.8, 4) is 0 Å². The SMILES string of the molecule is O=C(Cn1c(=O)oc2ccccc21)N[C@@H]1CCc2nccn2C1. The molecule has 0 radical (unpaired) electrons. The molecule has 1 aliphatic rings. The highest BCUT2D eigenvalue weighted by atomic mass is 16.4. The van der Waals surface area contributed by atoms with Gasteiger partial charge in [-0.3, -0.25) is 9.36 Å². The minimum Gasteiger partial charge on any atom is -0.408 e. The largest absolute Gasteiger partial charge is 0.420 e. The minimum atomic E-state index is -0.512. The Kier molecular flexibility index (Phi) is 3.25. The van der Waals surface area contributed by atoms with Crippen LogP contribution in [0.15, 0.2) is 45.9 Å². The fraction of sp³-hybridized carbons (Fsp3) is 0.312. The lowest BCUT2D eigenvalue weighted by molar-refractivity contribution is -0.122. The van der Waals surface area contributed by atoms with Crippen molar-refractivity contribution < 1.29 is 9.21 Å². The van der Waals surface area contributed by atoms with Crippen LogP contribution in [0.2, 0.25) is 0 Å². The van der Waals surface area contributed by atoms with Crippen LogP contribution in [0.3, 0.4) is 0 Å². The summed E-state index contributed by atoms with van der Waals surface area (Å²) < 4.78 is 8.55. The van der Waals surface area contributed by atoms with Gasteiger partial charge in [-0.05, 0) is 18.6 Å². The zero-order valence-corrected chi connectivity index (χ0v) is 12.4. The molecular formula is C16H16N4O3. The third kappa shape index (κ3) is 2.54. The molecule has 2 aromatic heterocycles. The monoisotopic (exact) mass is 312 g/mol. The highest BCUT2D eigenvalue weighted by Crippen LogP contribution is 2.14. The van der Waals surface area contributed by atoms with E-state index < -0.39 is 5.76 Å². The number of aromatic nitrogens is 3. The van der Waals surface area contributed by atoms with Gasteiger partial charge in [0.25, 0.3) is 0 Å². The van der Waals surface area contributed by atoms with Crippen molar-refractivity contribution in [2.75, 3.05) is 0 Å². The Balaban J connectivity index is 1.48. The molecule has 23 heavy (non-hydrogen) atoms. The number of fused-ring (bicyclic) bond motifs is 2. The lowest BCUT2D eigenvalue weighted by Crippen LogP contribution is -2.43. The van der Waals surface area contributed by atoms with Gasteiger partial charge in [0.2, 0.25) is 5.91 Å². The number of amides is 1. The third-order valence-corrected chi connectivity index (χ3v) is 4.18. The van der Waals surface area contributed by atoms with Gasteiger partial charge >= 0.3 is 5.76 Å². The summed E-state index contributed by atoms with van der Waals surface area (Å²) in [7, 11) is 0. The summed E-state index contributed by atoms with van der Waals surface area (Å²) in [6, 6.07) is 7.14. The van der Waals surface area contributed by atoms with Crippen LogP contribution in [0.1, 0.15) is 12.2 Å². The van der Waals surface area contributed by atoms with E-state index in [2.05, 4.69) is 10.3 Å². The molecule has 1 N–H and O–H groups in total. The molecule has 0 aliphatic carbocycles. The van der Waals surface area contributed by atoms with Crippen LogP contribution in [0.5, 0.6) is 0 Å². The van der Waals surface area contributed by atoms with E-state index in [0.29, 0.717) is 17.6 Å². The molecule has 0 unspecified atom stereocenters. The summed E-state index contributed by atoms with van der Waals surface area (Å²) in [5, 5.41) is 2.99. The number of imidazole rings is 1. The fourth-order valence-corrected chi connectivity index (χ4v) is 3.06. The van der Waals surface area contributed by atoms with E-state index in [0.717, 1.165) is 18.7 Å². The van der Waals surface area contributed by atoms with Crippen molar-refractivity contribution >= 4 is 17.0 Å². The second-order valence-corrected chi connectivity index (χ2v) is 5.72. The number of carbonyl (C=O) groups excluding carboxylic acids is 1. The Hall–Kier alpha value is -2.83. The Morgan fingerprint density at radius 1 is 1.39 bits per heavy atom. The highest BCUT2D eigenvalue weighted by molar-refractivity contribution is 5.79. The average Bonchev–Trinajstić information content (AvgIpc) is 3.12. The molecule has 0 spiro atoms.